The molecule has 0 aliphatic heterocycles. The minimum absolute atomic E-state index is 0.0951. The quantitative estimate of drug-likeness (QED) is 0.671. The maximum atomic E-state index is 12.5. The lowest BCUT2D eigenvalue weighted by Gasteiger charge is -2.19. The Morgan fingerprint density at radius 3 is 2.19 bits per heavy atom. The van der Waals surface area contributed by atoms with Gasteiger partial charge in [0.1, 0.15) is 0 Å². The SMILES string of the molecule is Cc1ccccc1-c1ccc(C(=O)Nc2ccc(C(C)(C)C)cc2)cn1. The highest BCUT2D eigenvalue weighted by Crippen LogP contribution is 2.24. The van der Waals surface area contributed by atoms with E-state index in [0.717, 1.165) is 22.5 Å². The second-order valence-electron chi connectivity index (χ2n) is 7.53. The van der Waals surface area contributed by atoms with E-state index in [2.05, 4.69) is 56.2 Å². The molecule has 0 unspecified atom stereocenters. The maximum absolute atomic E-state index is 12.5. The first-order valence-corrected chi connectivity index (χ1v) is 8.78. The molecular formula is C23H24N2O. The van der Waals surface area contributed by atoms with Gasteiger partial charge in [-0.05, 0) is 47.7 Å². The number of hydrogen-bond donors (Lipinski definition) is 1. The molecule has 0 fully saturated rings. The summed E-state index contributed by atoms with van der Waals surface area (Å²) in [6.45, 7) is 8.56. The highest BCUT2D eigenvalue weighted by Gasteiger charge is 2.13. The van der Waals surface area contributed by atoms with E-state index in [1.54, 1.807) is 6.20 Å². The monoisotopic (exact) mass is 344 g/mol. The van der Waals surface area contributed by atoms with Gasteiger partial charge in [-0.1, -0.05) is 57.2 Å². The molecule has 0 bridgehead atoms. The molecule has 0 aliphatic carbocycles. The lowest BCUT2D eigenvalue weighted by atomic mass is 9.87. The molecule has 0 saturated heterocycles. The van der Waals surface area contributed by atoms with Gasteiger partial charge in [0.05, 0.1) is 11.3 Å². The van der Waals surface area contributed by atoms with E-state index in [1.165, 1.54) is 5.56 Å². The first-order valence-electron chi connectivity index (χ1n) is 8.78. The zero-order chi connectivity index (χ0) is 18.7. The van der Waals surface area contributed by atoms with Crippen LogP contribution < -0.4 is 5.32 Å². The lowest BCUT2D eigenvalue weighted by Crippen LogP contribution is -2.13. The minimum Gasteiger partial charge on any atom is -0.322 e. The summed E-state index contributed by atoms with van der Waals surface area (Å²) in [5.74, 6) is -0.155. The number of carbonyl (C=O) groups is 1. The Labute approximate surface area is 155 Å². The van der Waals surface area contributed by atoms with Gasteiger partial charge in [-0.25, -0.2) is 0 Å². The predicted octanol–water partition coefficient (Wildman–Crippen LogP) is 5.61. The van der Waals surface area contributed by atoms with E-state index in [9.17, 15) is 4.79 Å². The number of nitrogens with zero attached hydrogens (tertiary/aromatic N) is 1. The zero-order valence-electron chi connectivity index (χ0n) is 15.7. The third kappa shape index (κ3) is 3.99. The number of anilines is 1. The Morgan fingerprint density at radius 2 is 1.62 bits per heavy atom. The smallest absolute Gasteiger partial charge is 0.257 e. The maximum Gasteiger partial charge on any atom is 0.257 e. The summed E-state index contributed by atoms with van der Waals surface area (Å²) in [6, 6.07) is 19.8. The van der Waals surface area contributed by atoms with Crippen molar-refractivity contribution in [2.45, 2.75) is 33.1 Å². The van der Waals surface area contributed by atoms with Crippen molar-refractivity contribution in [3.63, 3.8) is 0 Å². The fraction of sp³-hybridized carbons (Fsp3) is 0.217. The Morgan fingerprint density at radius 1 is 0.923 bits per heavy atom. The van der Waals surface area contributed by atoms with Gasteiger partial charge in [0, 0.05) is 17.4 Å². The fourth-order valence-corrected chi connectivity index (χ4v) is 2.80. The molecule has 132 valence electrons. The highest BCUT2D eigenvalue weighted by atomic mass is 16.1. The Hall–Kier alpha value is -2.94. The molecule has 3 heteroatoms. The molecule has 1 N–H and O–H groups in total. The van der Waals surface area contributed by atoms with Crippen molar-refractivity contribution >= 4 is 11.6 Å². The number of nitrogens with one attached hydrogen (secondary N) is 1. The Kier molecular flexibility index (Phi) is 4.90. The molecule has 3 aromatic rings. The van der Waals surface area contributed by atoms with Crippen LogP contribution in [0.2, 0.25) is 0 Å². The first kappa shape index (κ1) is 17.9. The molecule has 1 heterocycles. The molecule has 0 radical (unpaired) electrons. The molecule has 0 saturated carbocycles. The van der Waals surface area contributed by atoms with Crippen LogP contribution in [0.4, 0.5) is 5.69 Å². The molecule has 26 heavy (non-hydrogen) atoms. The number of aromatic nitrogens is 1. The van der Waals surface area contributed by atoms with Gasteiger partial charge in [-0.15, -0.1) is 0 Å². The van der Waals surface area contributed by atoms with Crippen LogP contribution >= 0.6 is 0 Å². The van der Waals surface area contributed by atoms with Gasteiger partial charge >= 0.3 is 0 Å². The van der Waals surface area contributed by atoms with Gasteiger partial charge in [0.2, 0.25) is 0 Å². The van der Waals surface area contributed by atoms with E-state index in [0.29, 0.717) is 5.56 Å². The molecule has 0 aliphatic rings. The van der Waals surface area contributed by atoms with Crippen molar-refractivity contribution in [2.75, 3.05) is 5.32 Å². The summed E-state index contributed by atoms with van der Waals surface area (Å²) in [6.07, 6.45) is 1.63. The lowest BCUT2D eigenvalue weighted by molar-refractivity contribution is 0.102. The van der Waals surface area contributed by atoms with Crippen molar-refractivity contribution in [1.82, 2.24) is 4.98 Å². The van der Waals surface area contributed by atoms with E-state index >= 15 is 0 Å². The van der Waals surface area contributed by atoms with Crippen molar-refractivity contribution in [1.29, 1.82) is 0 Å². The number of pyridine rings is 1. The van der Waals surface area contributed by atoms with E-state index in [4.69, 9.17) is 0 Å². The van der Waals surface area contributed by atoms with E-state index in [1.807, 2.05) is 42.5 Å². The Bertz CT molecular complexity index is 904. The van der Waals surface area contributed by atoms with Crippen LogP contribution in [-0.4, -0.2) is 10.9 Å². The largest absolute Gasteiger partial charge is 0.322 e. The molecule has 0 spiro atoms. The minimum atomic E-state index is -0.155. The van der Waals surface area contributed by atoms with Crippen LogP contribution in [0.1, 0.15) is 42.3 Å². The van der Waals surface area contributed by atoms with Gasteiger partial charge in [-0.2, -0.15) is 0 Å². The summed E-state index contributed by atoms with van der Waals surface area (Å²) in [4.78, 5) is 16.9. The molecule has 1 amide bonds. The summed E-state index contributed by atoms with van der Waals surface area (Å²) in [7, 11) is 0. The van der Waals surface area contributed by atoms with Crippen LogP contribution in [-0.2, 0) is 5.41 Å². The number of aryl methyl sites for hydroxylation is 1. The zero-order valence-corrected chi connectivity index (χ0v) is 15.7. The summed E-state index contributed by atoms with van der Waals surface area (Å²) >= 11 is 0. The topological polar surface area (TPSA) is 42.0 Å². The number of hydrogen-bond acceptors (Lipinski definition) is 2. The second-order valence-corrected chi connectivity index (χ2v) is 7.53. The number of benzene rings is 2. The molecule has 2 aromatic carbocycles. The number of amides is 1. The third-order valence-corrected chi connectivity index (χ3v) is 4.46. The summed E-state index contributed by atoms with van der Waals surface area (Å²) in [5.41, 5.74) is 5.77. The molecular weight excluding hydrogens is 320 g/mol. The molecule has 3 nitrogen and oxygen atoms in total. The fourth-order valence-electron chi connectivity index (χ4n) is 2.80. The van der Waals surface area contributed by atoms with E-state index in [-0.39, 0.29) is 11.3 Å². The average molecular weight is 344 g/mol. The summed E-state index contributed by atoms with van der Waals surface area (Å²) in [5, 5.41) is 2.93. The Balaban J connectivity index is 1.73. The molecule has 1 aromatic heterocycles. The van der Waals surface area contributed by atoms with Crippen LogP contribution in [0.5, 0.6) is 0 Å². The molecule has 3 rings (SSSR count). The van der Waals surface area contributed by atoms with Gasteiger partial charge in [0.25, 0.3) is 5.91 Å². The normalized spacial score (nSPS) is 11.2. The van der Waals surface area contributed by atoms with E-state index < -0.39 is 0 Å². The van der Waals surface area contributed by atoms with Crippen LogP contribution in [0, 0.1) is 6.92 Å². The van der Waals surface area contributed by atoms with Gasteiger partial charge < -0.3 is 5.32 Å². The van der Waals surface area contributed by atoms with Gasteiger partial charge in [0.15, 0.2) is 0 Å². The van der Waals surface area contributed by atoms with Crippen molar-refractivity contribution in [2.24, 2.45) is 0 Å². The number of carbonyl (C=O) groups excluding carboxylic acids is 1. The first-order chi connectivity index (χ1) is 12.3. The predicted molar refractivity (Wildman–Crippen MR) is 108 cm³/mol. The van der Waals surface area contributed by atoms with Crippen LogP contribution in [0.25, 0.3) is 11.3 Å². The average Bonchev–Trinajstić information content (AvgIpc) is 2.62. The van der Waals surface area contributed by atoms with Crippen LogP contribution in [0.15, 0.2) is 66.9 Å². The number of rotatable bonds is 3. The second kappa shape index (κ2) is 7.12. The summed E-state index contributed by atoms with van der Waals surface area (Å²) < 4.78 is 0. The molecule has 0 atom stereocenters. The van der Waals surface area contributed by atoms with Crippen LogP contribution in [0.3, 0.4) is 0 Å². The van der Waals surface area contributed by atoms with Crippen molar-refractivity contribution in [3.05, 3.63) is 83.6 Å². The van der Waals surface area contributed by atoms with Crippen molar-refractivity contribution in [3.8, 4) is 11.3 Å². The standard InChI is InChI=1S/C23H24N2O/c1-16-7-5-6-8-20(16)21-14-9-17(15-24-21)22(26)25-19-12-10-18(11-13-19)23(2,3)4/h5-15H,1-4H3,(H,25,26). The van der Waals surface area contributed by atoms with Crippen molar-refractivity contribution < 1.29 is 4.79 Å². The highest BCUT2D eigenvalue weighted by molar-refractivity contribution is 6.04. The third-order valence-electron chi connectivity index (χ3n) is 4.46. The van der Waals surface area contributed by atoms with Gasteiger partial charge in [-0.3, -0.25) is 9.78 Å².